The number of carbonyl (C=O) groups excluding carboxylic acids is 1. The largest absolute Gasteiger partial charge is 0.295 e. The predicted molar refractivity (Wildman–Crippen MR) is 73.7 cm³/mol. The molecule has 0 radical (unpaired) electrons. The van der Waals surface area contributed by atoms with Gasteiger partial charge in [-0.15, -0.1) is 0 Å². The van der Waals surface area contributed by atoms with Gasteiger partial charge in [-0.3, -0.25) is 4.79 Å². The summed E-state index contributed by atoms with van der Waals surface area (Å²) >= 11 is 0. The molecular formula is C15H12F2O3S. The molecule has 21 heavy (non-hydrogen) atoms. The van der Waals surface area contributed by atoms with Crippen LogP contribution >= 0.6 is 0 Å². The minimum atomic E-state index is -4.14. The molecule has 0 heterocycles. The monoisotopic (exact) mass is 310 g/mol. The lowest BCUT2D eigenvalue weighted by molar-refractivity contribution is 0.101. The molecule has 0 aliphatic heterocycles. The van der Waals surface area contributed by atoms with E-state index in [-0.39, 0.29) is 5.78 Å². The van der Waals surface area contributed by atoms with Crippen LogP contribution in [0.5, 0.6) is 0 Å². The Labute approximate surface area is 121 Å². The van der Waals surface area contributed by atoms with E-state index in [1.165, 1.54) is 31.2 Å². The second kappa shape index (κ2) is 5.73. The lowest BCUT2D eigenvalue weighted by Crippen LogP contribution is -2.10. The van der Waals surface area contributed by atoms with Gasteiger partial charge in [0.05, 0.1) is 5.75 Å². The van der Waals surface area contributed by atoms with Gasteiger partial charge in [0.1, 0.15) is 16.5 Å². The summed E-state index contributed by atoms with van der Waals surface area (Å²) in [6, 6.07) is 8.75. The number of halogens is 2. The minimum Gasteiger partial charge on any atom is -0.295 e. The molecule has 110 valence electrons. The van der Waals surface area contributed by atoms with Crippen LogP contribution in [0.1, 0.15) is 22.8 Å². The first-order valence-electron chi connectivity index (χ1n) is 6.08. The van der Waals surface area contributed by atoms with Crippen LogP contribution in [-0.4, -0.2) is 14.2 Å². The molecular weight excluding hydrogens is 298 g/mol. The van der Waals surface area contributed by atoms with E-state index in [1.54, 1.807) is 0 Å². The van der Waals surface area contributed by atoms with Crippen molar-refractivity contribution in [3.8, 4) is 0 Å². The van der Waals surface area contributed by atoms with Crippen molar-refractivity contribution in [2.75, 3.05) is 0 Å². The SMILES string of the molecule is CC(=O)c1ccc(CS(=O)(=O)c2c(F)cccc2F)cc1. The maximum atomic E-state index is 13.6. The number of carbonyl (C=O) groups is 1. The zero-order valence-electron chi connectivity index (χ0n) is 11.1. The quantitative estimate of drug-likeness (QED) is 0.815. The molecule has 0 spiro atoms. The van der Waals surface area contributed by atoms with Crippen molar-refractivity contribution in [1.29, 1.82) is 0 Å². The van der Waals surface area contributed by atoms with Crippen LogP contribution in [0.15, 0.2) is 47.4 Å². The molecule has 0 saturated carbocycles. The molecule has 0 amide bonds. The maximum Gasteiger partial charge on any atom is 0.188 e. The van der Waals surface area contributed by atoms with Gasteiger partial charge in [0.15, 0.2) is 15.6 Å². The molecule has 3 nitrogen and oxygen atoms in total. The molecule has 0 aromatic heterocycles. The summed E-state index contributed by atoms with van der Waals surface area (Å²) < 4.78 is 51.3. The molecule has 0 saturated heterocycles. The van der Waals surface area contributed by atoms with Gasteiger partial charge in [-0.1, -0.05) is 30.3 Å². The number of rotatable bonds is 4. The van der Waals surface area contributed by atoms with Crippen LogP contribution in [-0.2, 0) is 15.6 Å². The number of hydrogen-bond acceptors (Lipinski definition) is 3. The van der Waals surface area contributed by atoms with Crippen LogP contribution in [0.2, 0.25) is 0 Å². The zero-order valence-corrected chi connectivity index (χ0v) is 12.0. The van der Waals surface area contributed by atoms with Crippen molar-refractivity contribution < 1.29 is 22.0 Å². The summed E-state index contributed by atoms with van der Waals surface area (Å²) in [4.78, 5) is 10.2. The lowest BCUT2D eigenvalue weighted by Gasteiger charge is -2.07. The molecule has 6 heteroatoms. The van der Waals surface area contributed by atoms with Crippen molar-refractivity contribution in [2.45, 2.75) is 17.6 Å². The van der Waals surface area contributed by atoms with Gasteiger partial charge in [-0.05, 0) is 24.6 Å². The van der Waals surface area contributed by atoms with Gasteiger partial charge in [-0.25, -0.2) is 17.2 Å². The molecule has 2 aromatic rings. The van der Waals surface area contributed by atoms with E-state index in [0.29, 0.717) is 11.1 Å². The maximum absolute atomic E-state index is 13.6. The summed E-state index contributed by atoms with van der Waals surface area (Å²) in [6.45, 7) is 1.39. The summed E-state index contributed by atoms with van der Waals surface area (Å²) in [7, 11) is -4.14. The Morgan fingerprint density at radius 1 is 1.00 bits per heavy atom. The van der Waals surface area contributed by atoms with E-state index in [1.807, 2.05) is 0 Å². The van der Waals surface area contributed by atoms with Crippen LogP contribution in [0.25, 0.3) is 0 Å². The van der Waals surface area contributed by atoms with Gasteiger partial charge in [-0.2, -0.15) is 0 Å². The van der Waals surface area contributed by atoms with Crippen molar-refractivity contribution in [1.82, 2.24) is 0 Å². The molecule has 0 atom stereocenters. The average molecular weight is 310 g/mol. The normalized spacial score (nSPS) is 11.4. The summed E-state index contributed by atoms with van der Waals surface area (Å²) in [5.74, 6) is -2.92. The molecule has 0 fully saturated rings. The van der Waals surface area contributed by atoms with E-state index in [9.17, 15) is 22.0 Å². The van der Waals surface area contributed by atoms with Crippen molar-refractivity contribution >= 4 is 15.6 Å². The van der Waals surface area contributed by atoms with Crippen LogP contribution in [0.4, 0.5) is 8.78 Å². The Morgan fingerprint density at radius 3 is 2.00 bits per heavy atom. The molecule has 0 bridgehead atoms. The zero-order chi connectivity index (χ0) is 15.6. The number of ketones is 1. The average Bonchev–Trinajstić information content (AvgIpc) is 2.38. The van der Waals surface area contributed by atoms with Crippen LogP contribution in [0.3, 0.4) is 0 Å². The van der Waals surface area contributed by atoms with E-state index < -0.39 is 32.1 Å². The Morgan fingerprint density at radius 2 is 1.52 bits per heavy atom. The number of benzene rings is 2. The summed E-state index contributed by atoms with van der Waals surface area (Å²) in [5, 5.41) is 0. The first-order valence-corrected chi connectivity index (χ1v) is 7.73. The highest BCUT2D eigenvalue weighted by Gasteiger charge is 2.24. The predicted octanol–water partition coefficient (Wildman–Crippen LogP) is 3.14. The summed E-state index contributed by atoms with van der Waals surface area (Å²) in [6.07, 6.45) is 0. The molecule has 0 unspecified atom stereocenters. The number of Topliss-reactive ketones (excluding diaryl/α,β-unsaturated/α-hetero) is 1. The van der Waals surface area contributed by atoms with Crippen LogP contribution < -0.4 is 0 Å². The molecule has 2 aromatic carbocycles. The smallest absolute Gasteiger partial charge is 0.188 e. The fourth-order valence-electron chi connectivity index (χ4n) is 1.91. The highest BCUT2D eigenvalue weighted by molar-refractivity contribution is 7.90. The second-order valence-corrected chi connectivity index (χ2v) is 6.49. The number of sulfone groups is 1. The van der Waals surface area contributed by atoms with Gasteiger partial charge in [0.2, 0.25) is 0 Å². The van der Waals surface area contributed by atoms with Gasteiger partial charge in [0.25, 0.3) is 0 Å². The van der Waals surface area contributed by atoms with Crippen molar-refractivity contribution in [3.05, 3.63) is 65.2 Å². The Kier molecular flexibility index (Phi) is 4.18. The minimum absolute atomic E-state index is 0.149. The van der Waals surface area contributed by atoms with E-state index >= 15 is 0 Å². The first kappa shape index (κ1) is 15.3. The van der Waals surface area contributed by atoms with E-state index in [0.717, 1.165) is 18.2 Å². The van der Waals surface area contributed by atoms with E-state index in [4.69, 9.17) is 0 Å². The topological polar surface area (TPSA) is 51.2 Å². The molecule has 0 aliphatic carbocycles. The van der Waals surface area contributed by atoms with E-state index in [2.05, 4.69) is 0 Å². The third kappa shape index (κ3) is 3.33. The highest BCUT2D eigenvalue weighted by atomic mass is 32.2. The van der Waals surface area contributed by atoms with Crippen LogP contribution in [0, 0.1) is 11.6 Å². The molecule has 0 aliphatic rings. The fourth-order valence-corrected chi connectivity index (χ4v) is 3.41. The number of hydrogen-bond donors (Lipinski definition) is 0. The molecule has 2 rings (SSSR count). The van der Waals surface area contributed by atoms with Gasteiger partial charge < -0.3 is 0 Å². The standard InChI is InChI=1S/C15H12F2O3S/c1-10(18)12-7-5-11(6-8-12)9-21(19,20)15-13(16)3-2-4-14(15)17/h2-8H,9H2,1H3. The third-order valence-corrected chi connectivity index (χ3v) is 4.67. The lowest BCUT2D eigenvalue weighted by atomic mass is 10.1. The fraction of sp³-hybridized carbons (Fsp3) is 0.133. The molecule has 0 N–H and O–H groups in total. The summed E-state index contributed by atoms with van der Waals surface area (Å²) in [5.41, 5.74) is 0.788. The van der Waals surface area contributed by atoms with Gasteiger partial charge in [0, 0.05) is 5.56 Å². The Bertz CT molecular complexity index is 761. The third-order valence-electron chi connectivity index (χ3n) is 2.95. The second-order valence-electron chi connectivity index (χ2n) is 4.56. The Balaban J connectivity index is 2.35. The highest BCUT2D eigenvalue weighted by Crippen LogP contribution is 2.22. The first-order chi connectivity index (χ1) is 9.81. The van der Waals surface area contributed by atoms with Gasteiger partial charge >= 0.3 is 0 Å². The van der Waals surface area contributed by atoms with Crippen molar-refractivity contribution in [3.63, 3.8) is 0 Å². The van der Waals surface area contributed by atoms with Crippen molar-refractivity contribution in [2.24, 2.45) is 0 Å². The Hall–Kier alpha value is -2.08.